The second kappa shape index (κ2) is 12.9. The molecule has 3 amide bonds. The highest BCUT2D eigenvalue weighted by molar-refractivity contribution is 6.07. The van der Waals surface area contributed by atoms with Crippen molar-refractivity contribution in [2.24, 2.45) is 11.8 Å². The van der Waals surface area contributed by atoms with Crippen LogP contribution in [0, 0.1) is 11.8 Å². The molecule has 10 nitrogen and oxygen atoms in total. The number of anilines is 2. The molecule has 48 heavy (non-hydrogen) atoms. The monoisotopic (exact) mass is 649 g/mol. The Kier molecular flexibility index (Phi) is 8.53. The summed E-state index contributed by atoms with van der Waals surface area (Å²) < 4.78 is 17.8. The maximum atomic E-state index is 14.9. The Morgan fingerprint density at radius 3 is 2.15 bits per heavy atom. The van der Waals surface area contributed by atoms with Crippen molar-refractivity contribution in [3.05, 3.63) is 109 Å². The number of likely N-dealkylation sites (tertiary alicyclic amines) is 1. The molecule has 2 saturated heterocycles. The van der Waals surface area contributed by atoms with Crippen molar-refractivity contribution in [3.8, 4) is 11.5 Å². The molecule has 0 radical (unpaired) electrons. The molecule has 1 unspecified atom stereocenters. The van der Waals surface area contributed by atoms with Crippen LogP contribution in [-0.2, 0) is 25.5 Å². The Balaban J connectivity index is 1.31. The first-order valence-electron chi connectivity index (χ1n) is 16.4. The molecular formula is C38H39N3O7. The van der Waals surface area contributed by atoms with E-state index in [-0.39, 0.29) is 30.9 Å². The third-order valence-corrected chi connectivity index (χ3v) is 9.86. The fourth-order valence-electron chi connectivity index (χ4n) is 7.72. The number of carbonyl (C=O) groups excluding carboxylic acids is 3. The number of aliphatic hydroxyl groups excluding tert-OH is 1. The molecule has 6 atom stereocenters. The second-order valence-electron chi connectivity index (χ2n) is 12.5. The van der Waals surface area contributed by atoms with Gasteiger partial charge in [-0.25, -0.2) is 0 Å². The van der Waals surface area contributed by atoms with E-state index in [9.17, 15) is 19.5 Å². The van der Waals surface area contributed by atoms with Crippen molar-refractivity contribution in [1.82, 2.24) is 4.90 Å². The number of carbonyl (C=O) groups is 3. The van der Waals surface area contributed by atoms with Gasteiger partial charge >= 0.3 is 0 Å². The lowest BCUT2D eigenvalue weighted by molar-refractivity contribution is -0.144. The first kappa shape index (κ1) is 31.7. The maximum absolute atomic E-state index is 14.9. The summed E-state index contributed by atoms with van der Waals surface area (Å²) in [7, 11) is 1.58. The van der Waals surface area contributed by atoms with E-state index in [0.717, 1.165) is 5.56 Å². The number of nitrogens with zero attached hydrogens (tertiary/aromatic N) is 3. The summed E-state index contributed by atoms with van der Waals surface area (Å²) in [6, 6.07) is 22.2. The molecule has 1 spiro atoms. The minimum Gasteiger partial charge on any atom is -0.497 e. The maximum Gasteiger partial charge on any atom is 0.253 e. The van der Waals surface area contributed by atoms with Crippen LogP contribution in [-0.4, -0.2) is 84.9 Å². The highest BCUT2D eigenvalue weighted by atomic mass is 16.5. The van der Waals surface area contributed by atoms with E-state index < -0.39 is 35.6 Å². The smallest absolute Gasteiger partial charge is 0.253 e. The van der Waals surface area contributed by atoms with Crippen LogP contribution >= 0.6 is 0 Å². The van der Waals surface area contributed by atoms with Gasteiger partial charge in [-0.2, -0.15) is 0 Å². The molecule has 248 valence electrons. The van der Waals surface area contributed by atoms with Crippen molar-refractivity contribution in [2.75, 3.05) is 43.2 Å². The van der Waals surface area contributed by atoms with Gasteiger partial charge in [-0.05, 0) is 67.4 Å². The average Bonchev–Trinajstić information content (AvgIpc) is 3.43. The molecule has 4 aliphatic rings. The Labute approximate surface area is 279 Å². The van der Waals surface area contributed by atoms with Gasteiger partial charge in [0.05, 0.1) is 44.3 Å². The first-order valence-corrected chi connectivity index (χ1v) is 16.4. The number of rotatable bonds is 9. The fourth-order valence-corrected chi connectivity index (χ4v) is 7.72. The second-order valence-corrected chi connectivity index (χ2v) is 12.5. The quantitative estimate of drug-likeness (QED) is 0.352. The van der Waals surface area contributed by atoms with E-state index in [1.165, 1.54) is 4.90 Å². The Morgan fingerprint density at radius 1 is 0.854 bits per heavy atom. The number of hydrogen-bond donors (Lipinski definition) is 1. The molecule has 4 heterocycles. The van der Waals surface area contributed by atoms with E-state index in [1.54, 1.807) is 41.2 Å². The van der Waals surface area contributed by atoms with Gasteiger partial charge in [0.2, 0.25) is 11.8 Å². The van der Waals surface area contributed by atoms with Gasteiger partial charge in [-0.1, -0.05) is 54.6 Å². The average molecular weight is 650 g/mol. The minimum absolute atomic E-state index is 0.238. The lowest BCUT2D eigenvalue weighted by atomic mass is 9.77. The molecule has 0 bridgehead atoms. The van der Waals surface area contributed by atoms with Gasteiger partial charge in [-0.3, -0.25) is 14.4 Å². The van der Waals surface area contributed by atoms with Crippen LogP contribution in [0.15, 0.2) is 103 Å². The fraction of sp³-hybridized carbons (Fsp3) is 0.342. The lowest BCUT2D eigenvalue weighted by Gasteiger charge is -2.38. The van der Waals surface area contributed by atoms with Crippen LogP contribution in [0.3, 0.4) is 0 Å². The summed E-state index contributed by atoms with van der Waals surface area (Å²) in [6.45, 7) is 2.60. The van der Waals surface area contributed by atoms with Crippen molar-refractivity contribution < 1.29 is 33.7 Å². The van der Waals surface area contributed by atoms with E-state index in [4.69, 9.17) is 14.2 Å². The molecule has 0 aromatic heterocycles. The summed E-state index contributed by atoms with van der Waals surface area (Å²) in [5, 5.41) is 10.8. The third kappa shape index (κ3) is 5.25. The molecule has 7 rings (SSSR count). The number of ether oxygens (including phenoxy) is 3. The molecule has 0 saturated carbocycles. The largest absolute Gasteiger partial charge is 0.497 e. The van der Waals surface area contributed by atoms with Crippen molar-refractivity contribution in [2.45, 2.75) is 37.1 Å². The lowest BCUT2D eigenvalue weighted by Crippen LogP contribution is -2.58. The highest BCUT2D eigenvalue weighted by Crippen LogP contribution is 2.54. The van der Waals surface area contributed by atoms with Crippen LogP contribution in [0.4, 0.5) is 11.4 Å². The SMILES string of the molecule is CCOc1ccc(N2CC=C[C@@H]3O[C@]45C=CCN(c6ccc(OC)cc6)C(=O)C4N([C@@H](CO)Cc4ccccc4)C(=O)[C@@H]5[C@@H]3C2=O)cc1. The van der Waals surface area contributed by atoms with Crippen LogP contribution in [0.5, 0.6) is 11.5 Å². The van der Waals surface area contributed by atoms with Crippen LogP contribution < -0.4 is 19.3 Å². The van der Waals surface area contributed by atoms with E-state index in [2.05, 4.69) is 0 Å². The zero-order chi connectivity index (χ0) is 33.4. The number of methoxy groups -OCH3 is 1. The Bertz CT molecular complexity index is 1730. The van der Waals surface area contributed by atoms with Gasteiger partial charge in [-0.15, -0.1) is 0 Å². The predicted molar refractivity (Wildman–Crippen MR) is 180 cm³/mol. The van der Waals surface area contributed by atoms with E-state index in [1.807, 2.05) is 85.8 Å². The van der Waals surface area contributed by atoms with Gasteiger partial charge in [0.1, 0.15) is 23.1 Å². The van der Waals surface area contributed by atoms with Crippen LogP contribution in [0.1, 0.15) is 12.5 Å². The standard InChI is InChI=1S/C38H39N3O7/c1-3-47-30-18-14-26(15-19-30)39-21-7-11-31-32(35(39)43)33-36(44)41(28(24-42)23-25-9-5-4-6-10-25)34-37(45)40(22-8-20-38(33,34)48-31)27-12-16-29(46-2)17-13-27/h4-20,28,31-34,42H,3,21-24H2,1-2H3/t28-,31+,32-,33+,34?,38+/m1/s1. The molecule has 3 aromatic rings. The third-order valence-electron chi connectivity index (χ3n) is 9.86. The normalized spacial score (nSPS) is 26.9. The van der Waals surface area contributed by atoms with Crippen molar-refractivity contribution in [1.29, 1.82) is 0 Å². The Morgan fingerprint density at radius 2 is 1.50 bits per heavy atom. The minimum atomic E-state index is -1.43. The number of fused-ring (bicyclic) bond motifs is 2. The Hall–Kier alpha value is -4.93. The number of hydrogen-bond acceptors (Lipinski definition) is 7. The van der Waals surface area contributed by atoms with Crippen molar-refractivity contribution in [3.63, 3.8) is 0 Å². The molecule has 4 aliphatic heterocycles. The number of benzene rings is 3. The van der Waals surface area contributed by atoms with Crippen molar-refractivity contribution >= 4 is 29.1 Å². The number of amides is 3. The molecule has 3 aromatic carbocycles. The summed E-state index contributed by atoms with van der Waals surface area (Å²) in [5.74, 6) is -1.52. The van der Waals surface area contributed by atoms with Crippen LogP contribution in [0.2, 0.25) is 0 Å². The summed E-state index contributed by atoms with van der Waals surface area (Å²) in [6.07, 6.45) is 6.98. The molecular weight excluding hydrogens is 610 g/mol. The predicted octanol–water partition coefficient (Wildman–Crippen LogP) is 3.78. The highest BCUT2D eigenvalue weighted by Gasteiger charge is 2.72. The van der Waals surface area contributed by atoms with Gasteiger partial charge in [0.25, 0.3) is 5.91 Å². The zero-order valence-corrected chi connectivity index (χ0v) is 27.0. The van der Waals surface area contributed by atoms with Gasteiger partial charge in [0, 0.05) is 24.5 Å². The number of aliphatic hydroxyl groups is 1. The summed E-state index contributed by atoms with van der Waals surface area (Å²) >= 11 is 0. The topological polar surface area (TPSA) is 109 Å². The van der Waals surface area contributed by atoms with E-state index in [0.29, 0.717) is 42.4 Å². The molecule has 0 aliphatic carbocycles. The molecule has 10 heteroatoms. The molecule has 1 N–H and O–H groups in total. The van der Waals surface area contributed by atoms with Gasteiger partial charge < -0.3 is 34.0 Å². The van der Waals surface area contributed by atoms with E-state index >= 15 is 0 Å². The molecule has 2 fully saturated rings. The summed E-state index contributed by atoms with van der Waals surface area (Å²) in [4.78, 5) is 49.1. The first-order chi connectivity index (χ1) is 23.4. The zero-order valence-electron chi connectivity index (χ0n) is 27.0. The summed E-state index contributed by atoms with van der Waals surface area (Å²) in [5.41, 5.74) is 0.778. The van der Waals surface area contributed by atoms with Crippen LogP contribution in [0.25, 0.3) is 0 Å². The van der Waals surface area contributed by atoms with Gasteiger partial charge in [0.15, 0.2) is 0 Å².